The molecule has 0 aromatic heterocycles. The summed E-state index contributed by atoms with van der Waals surface area (Å²) in [6.07, 6.45) is 3.91. The smallest absolute Gasteiger partial charge is 0.0936 e. The molecule has 0 atom stereocenters. The molecule has 0 saturated heterocycles. The summed E-state index contributed by atoms with van der Waals surface area (Å²) in [7, 11) is 0. The second kappa shape index (κ2) is 8.60. The third-order valence-corrected chi connectivity index (χ3v) is 2.93. The number of hydrogen-bond donors (Lipinski definition) is 0. The predicted octanol–water partition coefficient (Wildman–Crippen LogP) is 3.67. The normalized spacial score (nSPS) is 9.90. The van der Waals surface area contributed by atoms with E-state index in [1.807, 2.05) is 0 Å². The Kier molecular flexibility index (Phi) is 9.89. The summed E-state index contributed by atoms with van der Waals surface area (Å²) in [5.41, 5.74) is 0. The standard InChI is InChI=1S/C6H12BBr3/c8-4-1-7(2-5-9)3-6-10/h1-6H2. The molecule has 0 aromatic rings. The van der Waals surface area contributed by atoms with E-state index in [4.69, 9.17) is 0 Å². The summed E-state index contributed by atoms with van der Waals surface area (Å²) >= 11 is 10.4. The first-order valence-electron chi connectivity index (χ1n) is 3.53. The van der Waals surface area contributed by atoms with Crippen LogP contribution in [-0.4, -0.2) is 22.7 Å². The minimum absolute atomic E-state index is 0.887. The fourth-order valence-electron chi connectivity index (χ4n) is 0.896. The van der Waals surface area contributed by atoms with Crippen LogP contribution in [0, 0.1) is 0 Å². The lowest BCUT2D eigenvalue weighted by atomic mass is 9.44. The molecule has 0 rings (SSSR count). The predicted molar refractivity (Wildman–Crippen MR) is 61.6 cm³/mol. The van der Waals surface area contributed by atoms with E-state index in [-0.39, 0.29) is 0 Å². The average molecular weight is 335 g/mol. The molecule has 0 aromatic carbocycles. The lowest BCUT2D eigenvalue weighted by Crippen LogP contribution is -2.13. The molecule has 0 heterocycles. The molecule has 0 nitrogen and oxygen atoms in total. The van der Waals surface area contributed by atoms with Gasteiger partial charge in [-0.25, -0.2) is 0 Å². The minimum atomic E-state index is 0.887. The van der Waals surface area contributed by atoms with Gasteiger partial charge >= 0.3 is 0 Å². The first kappa shape index (κ1) is 11.5. The Morgan fingerprint density at radius 2 is 1.00 bits per heavy atom. The Morgan fingerprint density at radius 3 is 1.20 bits per heavy atom. The quantitative estimate of drug-likeness (QED) is 0.513. The first-order chi connectivity index (χ1) is 4.85. The van der Waals surface area contributed by atoms with Crippen LogP contribution in [0.3, 0.4) is 0 Å². The summed E-state index contributed by atoms with van der Waals surface area (Å²) in [6.45, 7) is 0.887. The van der Waals surface area contributed by atoms with Gasteiger partial charge in [0.05, 0.1) is 0 Å². The topological polar surface area (TPSA) is 0 Å². The van der Waals surface area contributed by atoms with E-state index in [0.29, 0.717) is 0 Å². The second-order valence-electron chi connectivity index (χ2n) is 2.30. The summed E-state index contributed by atoms with van der Waals surface area (Å²) in [6, 6.07) is 0. The van der Waals surface area contributed by atoms with Crippen LogP contribution in [-0.2, 0) is 0 Å². The van der Waals surface area contributed by atoms with Crippen molar-refractivity contribution >= 4 is 54.5 Å². The summed E-state index contributed by atoms with van der Waals surface area (Å²) in [5.74, 6) is 0. The van der Waals surface area contributed by atoms with Gasteiger partial charge in [0.25, 0.3) is 0 Å². The summed E-state index contributed by atoms with van der Waals surface area (Å²) in [4.78, 5) is 0. The number of hydrogen-bond acceptors (Lipinski definition) is 0. The van der Waals surface area contributed by atoms with Crippen molar-refractivity contribution in [2.45, 2.75) is 19.0 Å². The van der Waals surface area contributed by atoms with Crippen molar-refractivity contribution in [1.82, 2.24) is 0 Å². The SMILES string of the molecule is BrCCB(CCBr)CCBr. The van der Waals surface area contributed by atoms with Crippen LogP contribution >= 0.6 is 47.8 Å². The van der Waals surface area contributed by atoms with Crippen molar-refractivity contribution in [3.8, 4) is 0 Å². The molecular weight excluding hydrogens is 323 g/mol. The van der Waals surface area contributed by atoms with Crippen molar-refractivity contribution in [1.29, 1.82) is 0 Å². The van der Waals surface area contributed by atoms with Gasteiger partial charge in [0.1, 0.15) is 6.71 Å². The largest absolute Gasteiger partial charge is 0.142 e. The van der Waals surface area contributed by atoms with E-state index in [1.54, 1.807) is 0 Å². The lowest BCUT2D eigenvalue weighted by Gasteiger charge is -2.06. The van der Waals surface area contributed by atoms with E-state index < -0.39 is 0 Å². The molecule has 4 heteroatoms. The van der Waals surface area contributed by atoms with E-state index in [9.17, 15) is 0 Å². The molecule has 0 radical (unpaired) electrons. The van der Waals surface area contributed by atoms with Crippen LogP contribution in [0.5, 0.6) is 0 Å². The van der Waals surface area contributed by atoms with Gasteiger partial charge in [-0.3, -0.25) is 0 Å². The zero-order chi connectivity index (χ0) is 7.82. The zero-order valence-electron chi connectivity index (χ0n) is 5.95. The molecule has 0 bridgehead atoms. The Balaban J connectivity index is 3.30. The van der Waals surface area contributed by atoms with E-state index in [2.05, 4.69) is 47.8 Å². The van der Waals surface area contributed by atoms with Crippen LogP contribution in [0.15, 0.2) is 0 Å². The van der Waals surface area contributed by atoms with Gasteiger partial charge in [-0.05, 0) is 16.0 Å². The fraction of sp³-hybridized carbons (Fsp3) is 1.00. The minimum Gasteiger partial charge on any atom is -0.0936 e. The Bertz CT molecular complexity index is 55.7. The first-order valence-corrected chi connectivity index (χ1v) is 6.89. The summed E-state index contributed by atoms with van der Waals surface area (Å²) < 4.78 is 0. The lowest BCUT2D eigenvalue weighted by molar-refractivity contribution is 1.28. The molecule has 0 fully saturated rings. The van der Waals surface area contributed by atoms with Gasteiger partial charge in [0, 0.05) is 0 Å². The highest BCUT2D eigenvalue weighted by atomic mass is 79.9. The summed E-state index contributed by atoms with van der Waals surface area (Å²) in [5, 5.41) is 3.41. The monoisotopic (exact) mass is 332 g/mol. The molecule has 0 aliphatic carbocycles. The molecule has 0 spiro atoms. The van der Waals surface area contributed by atoms with Crippen LogP contribution < -0.4 is 0 Å². The highest BCUT2D eigenvalue weighted by Gasteiger charge is 2.09. The van der Waals surface area contributed by atoms with Gasteiger partial charge in [-0.1, -0.05) is 66.8 Å². The van der Waals surface area contributed by atoms with Crippen molar-refractivity contribution < 1.29 is 0 Å². The molecule has 0 amide bonds. The molecule has 0 saturated carbocycles. The van der Waals surface area contributed by atoms with Gasteiger partial charge in [0.15, 0.2) is 0 Å². The van der Waals surface area contributed by atoms with Crippen molar-refractivity contribution in [3.63, 3.8) is 0 Å². The van der Waals surface area contributed by atoms with E-state index in [0.717, 1.165) is 22.7 Å². The third kappa shape index (κ3) is 6.23. The average Bonchev–Trinajstić information content (AvgIpc) is 1.90. The maximum atomic E-state index is 3.46. The molecule has 0 aliphatic heterocycles. The van der Waals surface area contributed by atoms with Crippen molar-refractivity contribution in [2.24, 2.45) is 0 Å². The van der Waals surface area contributed by atoms with Crippen LogP contribution in [0.1, 0.15) is 0 Å². The maximum absolute atomic E-state index is 3.46. The maximum Gasteiger partial charge on any atom is 0.142 e. The highest BCUT2D eigenvalue weighted by molar-refractivity contribution is 9.09. The number of rotatable bonds is 6. The third-order valence-electron chi connectivity index (χ3n) is 1.55. The van der Waals surface area contributed by atoms with Gasteiger partial charge < -0.3 is 0 Å². The van der Waals surface area contributed by atoms with Crippen molar-refractivity contribution in [3.05, 3.63) is 0 Å². The number of alkyl halides is 3. The number of halogens is 3. The van der Waals surface area contributed by atoms with Gasteiger partial charge in [0.2, 0.25) is 0 Å². The van der Waals surface area contributed by atoms with Crippen LogP contribution in [0.25, 0.3) is 0 Å². The Morgan fingerprint density at radius 1 is 0.700 bits per heavy atom. The van der Waals surface area contributed by atoms with Gasteiger partial charge in [-0.2, -0.15) is 0 Å². The molecular formula is C6H12BBr3. The van der Waals surface area contributed by atoms with Crippen LogP contribution in [0.4, 0.5) is 0 Å². The molecule has 0 N–H and O–H groups in total. The van der Waals surface area contributed by atoms with Crippen molar-refractivity contribution in [2.75, 3.05) is 16.0 Å². The highest BCUT2D eigenvalue weighted by Crippen LogP contribution is 2.10. The van der Waals surface area contributed by atoms with E-state index >= 15 is 0 Å². The Labute approximate surface area is 89.0 Å². The van der Waals surface area contributed by atoms with E-state index in [1.165, 1.54) is 19.0 Å². The zero-order valence-corrected chi connectivity index (χ0v) is 10.7. The Hall–Kier alpha value is 1.50. The molecule has 10 heavy (non-hydrogen) atoms. The molecule has 0 aliphatic rings. The molecule has 0 unspecified atom stereocenters. The molecule has 60 valence electrons. The fourth-order valence-corrected chi connectivity index (χ4v) is 2.84. The van der Waals surface area contributed by atoms with Crippen LogP contribution in [0.2, 0.25) is 19.0 Å². The second-order valence-corrected chi connectivity index (χ2v) is 4.68. The van der Waals surface area contributed by atoms with Gasteiger partial charge in [-0.15, -0.1) is 0 Å².